The van der Waals surface area contributed by atoms with Gasteiger partial charge in [0, 0.05) is 17.8 Å². The second-order valence-electron chi connectivity index (χ2n) is 4.75. The van der Waals surface area contributed by atoms with Gasteiger partial charge >= 0.3 is 0 Å². The van der Waals surface area contributed by atoms with E-state index in [-0.39, 0.29) is 12.1 Å². The van der Waals surface area contributed by atoms with Crippen molar-refractivity contribution in [2.75, 3.05) is 11.9 Å². The maximum atomic E-state index is 8.98. The van der Waals surface area contributed by atoms with E-state index < -0.39 is 0 Å². The minimum Gasteiger partial charge on any atom is -0.396 e. The first-order valence-electron chi connectivity index (χ1n) is 5.41. The van der Waals surface area contributed by atoms with Crippen LogP contribution < -0.4 is 5.32 Å². The standard InChI is InChI=1S/C13H21NO/c1-10-6-5-7-11(2)12(10)14-13(3,4)8-9-15/h5-7,14-15H,8-9H2,1-4H3. The van der Waals surface area contributed by atoms with Crippen LogP contribution in [0.5, 0.6) is 0 Å². The lowest BCUT2D eigenvalue weighted by atomic mass is 9.98. The highest BCUT2D eigenvalue weighted by molar-refractivity contribution is 5.57. The summed E-state index contributed by atoms with van der Waals surface area (Å²) < 4.78 is 0. The average Bonchev–Trinajstić information content (AvgIpc) is 2.11. The van der Waals surface area contributed by atoms with Crippen molar-refractivity contribution >= 4 is 5.69 Å². The van der Waals surface area contributed by atoms with Crippen molar-refractivity contribution in [3.63, 3.8) is 0 Å². The molecule has 0 saturated carbocycles. The Morgan fingerprint density at radius 1 is 1.20 bits per heavy atom. The molecule has 0 heterocycles. The quantitative estimate of drug-likeness (QED) is 0.795. The van der Waals surface area contributed by atoms with Crippen LogP contribution in [0.3, 0.4) is 0 Å². The molecule has 0 radical (unpaired) electrons. The van der Waals surface area contributed by atoms with Crippen LogP contribution >= 0.6 is 0 Å². The number of rotatable bonds is 4. The monoisotopic (exact) mass is 207 g/mol. The predicted octanol–water partition coefficient (Wildman–Crippen LogP) is 2.88. The van der Waals surface area contributed by atoms with Gasteiger partial charge in [-0.2, -0.15) is 0 Å². The normalized spacial score (nSPS) is 11.5. The fraction of sp³-hybridized carbons (Fsp3) is 0.538. The Morgan fingerprint density at radius 2 is 1.73 bits per heavy atom. The molecule has 2 N–H and O–H groups in total. The second-order valence-corrected chi connectivity index (χ2v) is 4.75. The zero-order valence-electron chi connectivity index (χ0n) is 10.1. The number of benzene rings is 1. The van der Waals surface area contributed by atoms with E-state index in [1.54, 1.807) is 0 Å². The van der Waals surface area contributed by atoms with Gasteiger partial charge in [-0.05, 0) is 45.2 Å². The lowest BCUT2D eigenvalue weighted by Crippen LogP contribution is -2.32. The molecule has 2 nitrogen and oxygen atoms in total. The first-order chi connectivity index (χ1) is 6.96. The maximum Gasteiger partial charge on any atom is 0.0453 e. The van der Waals surface area contributed by atoms with E-state index in [9.17, 15) is 0 Å². The third-order valence-electron chi connectivity index (χ3n) is 2.68. The largest absolute Gasteiger partial charge is 0.396 e. The number of aliphatic hydroxyl groups excluding tert-OH is 1. The summed E-state index contributed by atoms with van der Waals surface area (Å²) in [6.07, 6.45) is 0.751. The molecule has 1 aromatic carbocycles. The maximum absolute atomic E-state index is 8.98. The van der Waals surface area contributed by atoms with Gasteiger partial charge in [0.05, 0.1) is 0 Å². The molecule has 0 aliphatic carbocycles. The van der Waals surface area contributed by atoms with Crippen LogP contribution in [0.4, 0.5) is 5.69 Å². The number of para-hydroxylation sites is 1. The average molecular weight is 207 g/mol. The van der Waals surface area contributed by atoms with Crippen LogP contribution in [0.1, 0.15) is 31.4 Å². The van der Waals surface area contributed by atoms with E-state index in [0.29, 0.717) is 0 Å². The molecule has 0 aliphatic rings. The van der Waals surface area contributed by atoms with Crippen LogP contribution in [-0.4, -0.2) is 17.3 Å². The topological polar surface area (TPSA) is 32.3 Å². The molecule has 1 aromatic rings. The summed E-state index contributed by atoms with van der Waals surface area (Å²) in [5, 5.41) is 12.5. The summed E-state index contributed by atoms with van der Waals surface area (Å²) >= 11 is 0. The number of aryl methyl sites for hydroxylation is 2. The van der Waals surface area contributed by atoms with Gasteiger partial charge in [0.2, 0.25) is 0 Å². The Kier molecular flexibility index (Phi) is 3.75. The van der Waals surface area contributed by atoms with Gasteiger partial charge in [-0.3, -0.25) is 0 Å². The number of hydrogen-bond donors (Lipinski definition) is 2. The van der Waals surface area contributed by atoms with Crippen molar-refractivity contribution in [2.45, 2.75) is 39.7 Å². The zero-order valence-corrected chi connectivity index (χ0v) is 10.1. The molecular formula is C13H21NO. The second kappa shape index (κ2) is 4.67. The summed E-state index contributed by atoms with van der Waals surface area (Å²) in [7, 11) is 0. The van der Waals surface area contributed by atoms with Gasteiger partial charge in [0.1, 0.15) is 0 Å². The molecule has 0 saturated heterocycles. The molecule has 2 heteroatoms. The van der Waals surface area contributed by atoms with Gasteiger partial charge in [0.15, 0.2) is 0 Å². The highest BCUT2D eigenvalue weighted by atomic mass is 16.3. The van der Waals surface area contributed by atoms with E-state index in [1.807, 2.05) is 0 Å². The highest BCUT2D eigenvalue weighted by Crippen LogP contribution is 2.24. The SMILES string of the molecule is Cc1cccc(C)c1NC(C)(C)CCO. The molecule has 0 aliphatic heterocycles. The minimum absolute atomic E-state index is 0.0639. The van der Waals surface area contributed by atoms with Crippen LogP contribution in [0, 0.1) is 13.8 Å². The summed E-state index contributed by atoms with van der Waals surface area (Å²) in [6.45, 7) is 8.63. The lowest BCUT2D eigenvalue weighted by molar-refractivity contribution is 0.261. The van der Waals surface area contributed by atoms with Crippen LogP contribution in [0.2, 0.25) is 0 Å². The van der Waals surface area contributed by atoms with E-state index in [2.05, 4.69) is 51.2 Å². The van der Waals surface area contributed by atoms with Crippen molar-refractivity contribution in [3.05, 3.63) is 29.3 Å². The first-order valence-corrected chi connectivity index (χ1v) is 5.41. The molecule has 1 rings (SSSR count). The summed E-state index contributed by atoms with van der Waals surface area (Å²) in [5.74, 6) is 0. The molecule has 0 amide bonds. The van der Waals surface area contributed by atoms with Gasteiger partial charge in [-0.1, -0.05) is 18.2 Å². The molecule has 0 spiro atoms. The fourth-order valence-electron chi connectivity index (χ4n) is 1.69. The van der Waals surface area contributed by atoms with Crippen molar-refractivity contribution in [1.82, 2.24) is 0 Å². The minimum atomic E-state index is -0.0639. The lowest BCUT2D eigenvalue weighted by Gasteiger charge is -2.28. The molecule has 0 atom stereocenters. The van der Waals surface area contributed by atoms with Crippen molar-refractivity contribution in [2.24, 2.45) is 0 Å². The summed E-state index contributed by atoms with van der Waals surface area (Å²) in [5.41, 5.74) is 3.63. The molecule has 0 unspecified atom stereocenters. The molecule has 0 aromatic heterocycles. The van der Waals surface area contributed by atoms with Crippen LogP contribution in [-0.2, 0) is 0 Å². The third-order valence-corrected chi connectivity index (χ3v) is 2.68. The van der Waals surface area contributed by atoms with Gasteiger partial charge in [-0.25, -0.2) is 0 Å². The highest BCUT2D eigenvalue weighted by Gasteiger charge is 2.18. The Labute approximate surface area is 92.3 Å². The molecular weight excluding hydrogens is 186 g/mol. The van der Waals surface area contributed by atoms with Crippen LogP contribution in [0.25, 0.3) is 0 Å². The van der Waals surface area contributed by atoms with Gasteiger partial charge in [-0.15, -0.1) is 0 Å². The zero-order chi connectivity index (χ0) is 11.5. The van der Waals surface area contributed by atoms with Crippen molar-refractivity contribution in [3.8, 4) is 0 Å². The molecule has 0 fully saturated rings. The van der Waals surface area contributed by atoms with E-state index in [1.165, 1.54) is 16.8 Å². The third kappa shape index (κ3) is 3.24. The number of aliphatic hydroxyl groups is 1. The number of nitrogens with one attached hydrogen (secondary N) is 1. The summed E-state index contributed by atoms with van der Waals surface area (Å²) in [4.78, 5) is 0. The Balaban J connectivity index is 2.89. The number of anilines is 1. The van der Waals surface area contributed by atoms with Crippen molar-refractivity contribution in [1.29, 1.82) is 0 Å². The fourth-order valence-corrected chi connectivity index (χ4v) is 1.69. The Bertz CT molecular complexity index is 311. The Morgan fingerprint density at radius 3 is 2.20 bits per heavy atom. The molecule has 0 bridgehead atoms. The van der Waals surface area contributed by atoms with Gasteiger partial charge < -0.3 is 10.4 Å². The predicted molar refractivity (Wildman–Crippen MR) is 65.3 cm³/mol. The van der Waals surface area contributed by atoms with Crippen molar-refractivity contribution < 1.29 is 5.11 Å². The molecule has 84 valence electrons. The van der Waals surface area contributed by atoms with E-state index >= 15 is 0 Å². The first kappa shape index (κ1) is 12.1. The van der Waals surface area contributed by atoms with Crippen LogP contribution in [0.15, 0.2) is 18.2 Å². The smallest absolute Gasteiger partial charge is 0.0453 e. The summed E-state index contributed by atoms with van der Waals surface area (Å²) in [6, 6.07) is 6.27. The molecule has 15 heavy (non-hydrogen) atoms. The Hall–Kier alpha value is -1.02. The van der Waals surface area contributed by atoms with Gasteiger partial charge in [0.25, 0.3) is 0 Å². The number of hydrogen-bond acceptors (Lipinski definition) is 2. The van der Waals surface area contributed by atoms with E-state index in [4.69, 9.17) is 5.11 Å². The van der Waals surface area contributed by atoms with E-state index in [0.717, 1.165) is 6.42 Å².